The maximum atomic E-state index is 12.4. The van der Waals surface area contributed by atoms with Gasteiger partial charge in [0.1, 0.15) is 0 Å². The fourth-order valence-corrected chi connectivity index (χ4v) is 3.46. The normalized spacial score (nSPS) is 10.6. The Hall–Kier alpha value is -2.46. The first kappa shape index (κ1) is 17.4. The van der Waals surface area contributed by atoms with Crippen LogP contribution in [-0.4, -0.2) is 22.8 Å². The number of aromatic nitrogens is 1. The molecule has 3 nitrogen and oxygen atoms in total. The third kappa shape index (κ3) is 5.00. The molecule has 0 aliphatic carbocycles. The maximum absolute atomic E-state index is 12.4. The second-order valence-electron chi connectivity index (χ2n) is 6.31. The first-order valence-electron chi connectivity index (χ1n) is 8.37. The molecule has 1 amide bonds. The van der Waals surface area contributed by atoms with E-state index in [2.05, 4.69) is 48.3 Å². The molecule has 25 heavy (non-hydrogen) atoms. The molecule has 0 fully saturated rings. The molecule has 0 aliphatic heterocycles. The van der Waals surface area contributed by atoms with Crippen LogP contribution in [-0.2, 0) is 24.2 Å². The van der Waals surface area contributed by atoms with Crippen LogP contribution in [0, 0.1) is 6.92 Å². The quantitative estimate of drug-likeness (QED) is 0.666. The number of hydrogen-bond acceptors (Lipinski definition) is 3. The van der Waals surface area contributed by atoms with Crippen molar-refractivity contribution in [2.45, 2.75) is 26.3 Å². The van der Waals surface area contributed by atoms with Crippen molar-refractivity contribution in [3.8, 4) is 0 Å². The summed E-state index contributed by atoms with van der Waals surface area (Å²) >= 11 is 1.62. The highest BCUT2D eigenvalue weighted by molar-refractivity contribution is 7.09. The van der Waals surface area contributed by atoms with Crippen LogP contribution in [0.2, 0.25) is 0 Å². The number of amides is 1. The second-order valence-corrected chi connectivity index (χ2v) is 7.25. The van der Waals surface area contributed by atoms with Gasteiger partial charge in [0.2, 0.25) is 5.91 Å². The Morgan fingerprint density at radius 1 is 1.04 bits per heavy atom. The zero-order valence-corrected chi connectivity index (χ0v) is 15.4. The minimum Gasteiger partial charge on any atom is -0.341 e. The van der Waals surface area contributed by atoms with Gasteiger partial charge in [0.25, 0.3) is 0 Å². The average molecular weight is 350 g/mol. The minimum absolute atomic E-state index is 0.0946. The number of aryl methyl sites for hydroxylation is 1. The van der Waals surface area contributed by atoms with Crippen molar-refractivity contribution >= 4 is 17.2 Å². The van der Waals surface area contributed by atoms with Gasteiger partial charge < -0.3 is 4.90 Å². The molecule has 0 spiro atoms. The summed E-state index contributed by atoms with van der Waals surface area (Å²) in [5.74, 6) is 0.0946. The van der Waals surface area contributed by atoms with Crippen LogP contribution < -0.4 is 0 Å². The van der Waals surface area contributed by atoms with E-state index in [4.69, 9.17) is 0 Å². The topological polar surface area (TPSA) is 33.2 Å². The molecule has 0 bridgehead atoms. The van der Waals surface area contributed by atoms with Gasteiger partial charge in [0, 0.05) is 25.4 Å². The van der Waals surface area contributed by atoms with Gasteiger partial charge in [0.05, 0.1) is 17.1 Å². The van der Waals surface area contributed by atoms with Gasteiger partial charge in [0.15, 0.2) is 0 Å². The molecule has 1 aromatic heterocycles. The molecule has 0 radical (unpaired) electrons. The summed E-state index contributed by atoms with van der Waals surface area (Å²) in [4.78, 5) is 18.8. The van der Waals surface area contributed by atoms with Crippen LogP contribution >= 0.6 is 11.3 Å². The van der Waals surface area contributed by atoms with E-state index in [0.29, 0.717) is 13.0 Å². The monoisotopic (exact) mass is 350 g/mol. The van der Waals surface area contributed by atoms with Crippen LogP contribution in [0.1, 0.15) is 27.4 Å². The SMILES string of the molecule is Cc1ccc(CN(C)C(=O)Cc2csc(Cc3ccccc3)n2)cc1. The van der Waals surface area contributed by atoms with E-state index < -0.39 is 0 Å². The molecular formula is C21H22N2OS. The number of benzene rings is 2. The molecule has 0 unspecified atom stereocenters. The number of hydrogen-bond donors (Lipinski definition) is 0. The second kappa shape index (κ2) is 8.08. The first-order valence-corrected chi connectivity index (χ1v) is 9.25. The predicted octanol–water partition coefficient (Wildman–Crippen LogP) is 4.24. The Morgan fingerprint density at radius 3 is 2.48 bits per heavy atom. The van der Waals surface area contributed by atoms with Crippen LogP contribution in [0.4, 0.5) is 0 Å². The van der Waals surface area contributed by atoms with Gasteiger partial charge in [-0.15, -0.1) is 11.3 Å². The molecule has 0 atom stereocenters. The summed E-state index contributed by atoms with van der Waals surface area (Å²) in [5.41, 5.74) is 4.47. The predicted molar refractivity (Wildman–Crippen MR) is 103 cm³/mol. The summed E-state index contributed by atoms with van der Waals surface area (Å²) in [6.45, 7) is 2.69. The number of carbonyl (C=O) groups is 1. The van der Waals surface area contributed by atoms with Crippen molar-refractivity contribution in [2.24, 2.45) is 0 Å². The Labute approximate surface area is 153 Å². The highest BCUT2D eigenvalue weighted by atomic mass is 32.1. The summed E-state index contributed by atoms with van der Waals surface area (Å²) in [7, 11) is 1.85. The molecule has 3 rings (SSSR count). The minimum atomic E-state index is 0.0946. The van der Waals surface area contributed by atoms with Gasteiger partial charge in [-0.1, -0.05) is 60.2 Å². The van der Waals surface area contributed by atoms with Crippen molar-refractivity contribution in [2.75, 3.05) is 7.05 Å². The van der Waals surface area contributed by atoms with E-state index in [0.717, 1.165) is 22.7 Å². The molecule has 2 aromatic carbocycles. The summed E-state index contributed by atoms with van der Waals surface area (Å²) in [6, 6.07) is 18.6. The number of carbonyl (C=O) groups excluding carboxylic acids is 1. The number of likely N-dealkylation sites (N-methyl/N-ethyl adjacent to an activating group) is 1. The van der Waals surface area contributed by atoms with Crippen LogP contribution in [0.25, 0.3) is 0 Å². The molecule has 0 saturated heterocycles. The highest BCUT2D eigenvalue weighted by Crippen LogP contribution is 2.16. The lowest BCUT2D eigenvalue weighted by Crippen LogP contribution is -2.27. The van der Waals surface area contributed by atoms with Gasteiger partial charge in [-0.25, -0.2) is 4.98 Å². The Kier molecular flexibility index (Phi) is 5.61. The number of thiazole rings is 1. The van der Waals surface area contributed by atoms with Gasteiger partial charge >= 0.3 is 0 Å². The van der Waals surface area contributed by atoms with Crippen molar-refractivity contribution in [1.82, 2.24) is 9.88 Å². The summed E-state index contributed by atoms with van der Waals surface area (Å²) in [5, 5.41) is 3.05. The lowest BCUT2D eigenvalue weighted by Gasteiger charge is -2.16. The van der Waals surface area contributed by atoms with E-state index >= 15 is 0 Å². The molecule has 128 valence electrons. The van der Waals surface area contributed by atoms with E-state index in [9.17, 15) is 4.79 Å². The van der Waals surface area contributed by atoms with E-state index in [1.807, 2.05) is 30.6 Å². The van der Waals surface area contributed by atoms with Crippen LogP contribution in [0.15, 0.2) is 60.0 Å². The standard InChI is InChI=1S/C21H22N2OS/c1-16-8-10-18(11-9-16)14-23(2)21(24)13-19-15-25-20(22-19)12-17-6-4-3-5-7-17/h3-11,15H,12-14H2,1-2H3. The van der Waals surface area contributed by atoms with Crippen molar-refractivity contribution in [3.05, 3.63) is 87.4 Å². The number of rotatable bonds is 6. The fourth-order valence-electron chi connectivity index (χ4n) is 2.63. The van der Waals surface area contributed by atoms with E-state index in [1.165, 1.54) is 11.1 Å². The lowest BCUT2D eigenvalue weighted by atomic mass is 10.1. The van der Waals surface area contributed by atoms with E-state index in [1.54, 1.807) is 16.2 Å². The van der Waals surface area contributed by atoms with Gasteiger partial charge in [-0.2, -0.15) is 0 Å². The largest absolute Gasteiger partial charge is 0.341 e. The smallest absolute Gasteiger partial charge is 0.228 e. The molecule has 4 heteroatoms. The maximum Gasteiger partial charge on any atom is 0.228 e. The molecule has 0 saturated carbocycles. The highest BCUT2D eigenvalue weighted by Gasteiger charge is 2.13. The van der Waals surface area contributed by atoms with Crippen molar-refractivity contribution in [3.63, 3.8) is 0 Å². The molecule has 0 N–H and O–H groups in total. The van der Waals surface area contributed by atoms with Gasteiger partial charge in [-0.3, -0.25) is 4.79 Å². The molecule has 3 aromatic rings. The molecule has 1 heterocycles. The Balaban J connectivity index is 1.56. The third-order valence-corrected chi connectivity index (χ3v) is 4.99. The average Bonchev–Trinajstić information content (AvgIpc) is 3.04. The summed E-state index contributed by atoms with van der Waals surface area (Å²) < 4.78 is 0. The fraction of sp³-hybridized carbons (Fsp3) is 0.238. The van der Waals surface area contributed by atoms with Crippen LogP contribution in [0.5, 0.6) is 0 Å². The summed E-state index contributed by atoms with van der Waals surface area (Å²) in [6.07, 6.45) is 1.17. The third-order valence-electron chi connectivity index (χ3n) is 4.10. The van der Waals surface area contributed by atoms with Gasteiger partial charge in [-0.05, 0) is 18.1 Å². The Morgan fingerprint density at radius 2 is 1.76 bits per heavy atom. The molecule has 0 aliphatic rings. The van der Waals surface area contributed by atoms with Crippen molar-refractivity contribution < 1.29 is 4.79 Å². The number of nitrogens with zero attached hydrogens (tertiary/aromatic N) is 2. The van der Waals surface area contributed by atoms with E-state index in [-0.39, 0.29) is 5.91 Å². The zero-order chi connectivity index (χ0) is 17.6. The molecular weight excluding hydrogens is 328 g/mol. The van der Waals surface area contributed by atoms with Crippen LogP contribution in [0.3, 0.4) is 0 Å². The zero-order valence-electron chi connectivity index (χ0n) is 14.6. The first-order chi connectivity index (χ1) is 12.1. The Bertz CT molecular complexity index is 825. The van der Waals surface area contributed by atoms with Crippen molar-refractivity contribution in [1.29, 1.82) is 0 Å². The lowest BCUT2D eigenvalue weighted by molar-refractivity contribution is -0.129.